The summed E-state index contributed by atoms with van der Waals surface area (Å²) in [6, 6.07) is 7.97. The summed E-state index contributed by atoms with van der Waals surface area (Å²) >= 11 is 0. The van der Waals surface area contributed by atoms with E-state index in [0.717, 1.165) is 22.3 Å². The number of aromatic nitrogens is 1. The molecule has 0 saturated heterocycles. The highest BCUT2D eigenvalue weighted by Gasteiger charge is 2.06. The molecule has 0 bridgehead atoms. The molecule has 90 valence electrons. The van der Waals surface area contributed by atoms with Crippen LogP contribution in [0, 0.1) is 0 Å². The first-order chi connectivity index (χ1) is 8.22. The van der Waals surface area contributed by atoms with Crippen LogP contribution < -0.4 is 15.8 Å². The molecule has 1 aromatic carbocycles. The largest absolute Gasteiger partial charge is 0.496 e. The Bertz CT molecular complexity index is 511. The molecule has 0 saturated carbocycles. The van der Waals surface area contributed by atoms with Crippen LogP contribution in [0.15, 0.2) is 30.5 Å². The van der Waals surface area contributed by atoms with Crippen molar-refractivity contribution >= 4 is 16.6 Å². The van der Waals surface area contributed by atoms with Gasteiger partial charge in [0.1, 0.15) is 11.6 Å². The zero-order valence-corrected chi connectivity index (χ0v) is 10.1. The zero-order chi connectivity index (χ0) is 12.3. The third-order valence-corrected chi connectivity index (χ3v) is 2.58. The van der Waals surface area contributed by atoms with Crippen LogP contribution in [0.25, 0.3) is 10.8 Å². The lowest BCUT2D eigenvalue weighted by atomic mass is 10.1. The molecule has 0 radical (unpaired) electrons. The molecule has 1 heterocycles. The van der Waals surface area contributed by atoms with Crippen LogP contribution in [-0.2, 0) is 0 Å². The van der Waals surface area contributed by atoms with Gasteiger partial charge in [0.05, 0.1) is 7.11 Å². The predicted molar refractivity (Wildman–Crippen MR) is 70.4 cm³/mol. The summed E-state index contributed by atoms with van der Waals surface area (Å²) in [5.41, 5.74) is 5.73. The fourth-order valence-corrected chi connectivity index (χ4v) is 1.75. The van der Waals surface area contributed by atoms with Gasteiger partial charge in [-0.1, -0.05) is 12.1 Å². The molecular weight excluding hydrogens is 214 g/mol. The van der Waals surface area contributed by atoms with Crippen LogP contribution in [-0.4, -0.2) is 24.7 Å². The number of nitrogens with one attached hydrogen (secondary N) is 1. The summed E-state index contributed by atoms with van der Waals surface area (Å²) in [4.78, 5) is 4.33. The van der Waals surface area contributed by atoms with Crippen LogP contribution in [0.4, 0.5) is 5.82 Å². The van der Waals surface area contributed by atoms with E-state index in [-0.39, 0.29) is 6.04 Å². The van der Waals surface area contributed by atoms with Gasteiger partial charge in [0.25, 0.3) is 0 Å². The highest BCUT2D eigenvalue weighted by molar-refractivity contribution is 5.95. The fraction of sp³-hybridized carbons (Fsp3) is 0.308. The lowest BCUT2D eigenvalue weighted by Gasteiger charge is -2.12. The molecule has 0 aliphatic rings. The van der Waals surface area contributed by atoms with Gasteiger partial charge in [-0.3, -0.25) is 0 Å². The van der Waals surface area contributed by atoms with Crippen molar-refractivity contribution in [1.29, 1.82) is 0 Å². The van der Waals surface area contributed by atoms with Crippen molar-refractivity contribution in [2.45, 2.75) is 13.0 Å². The number of ether oxygens (including phenoxy) is 1. The van der Waals surface area contributed by atoms with E-state index in [4.69, 9.17) is 10.5 Å². The first-order valence-corrected chi connectivity index (χ1v) is 5.63. The Labute approximate surface area is 101 Å². The second-order valence-electron chi connectivity index (χ2n) is 4.07. The van der Waals surface area contributed by atoms with Crippen molar-refractivity contribution in [1.82, 2.24) is 4.98 Å². The molecule has 4 heteroatoms. The van der Waals surface area contributed by atoms with Crippen molar-refractivity contribution in [3.63, 3.8) is 0 Å². The predicted octanol–water partition coefficient (Wildman–Crippen LogP) is 2.00. The van der Waals surface area contributed by atoms with Gasteiger partial charge in [0.15, 0.2) is 0 Å². The van der Waals surface area contributed by atoms with Crippen molar-refractivity contribution in [2.75, 3.05) is 19.0 Å². The Morgan fingerprint density at radius 3 is 2.88 bits per heavy atom. The second kappa shape index (κ2) is 5.01. The maximum Gasteiger partial charge on any atom is 0.134 e. The number of hydrogen-bond donors (Lipinski definition) is 2. The number of fused-ring (bicyclic) bond motifs is 1. The summed E-state index contributed by atoms with van der Waals surface area (Å²) in [7, 11) is 1.67. The van der Waals surface area contributed by atoms with E-state index in [2.05, 4.69) is 10.3 Å². The topological polar surface area (TPSA) is 60.2 Å². The molecule has 4 nitrogen and oxygen atoms in total. The molecule has 17 heavy (non-hydrogen) atoms. The van der Waals surface area contributed by atoms with Crippen molar-refractivity contribution in [2.24, 2.45) is 5.73 Å². The van der Waals surface area contributed by atoms with E-state index in [0.29, 0.717) is 6.54 Å². The Morgan fingerprint density at radius 2 is 2.18 bits per heavy atom. The number of nitrogens with zero attached hydrogens (tertiary/aromatic N) is 1. The molecular formula is C13H17N3O. The zero-order valence-electron chi connectivity index (χ0n) is 10.1. The first kappa shape index (κ1) is 11.7. The van der Waals surface area contributed by atoms with Gasteiger partial charge in [-0.25, -0.2) is 4.98 Å². The van der Waals surface area contributed by atoms with E-state index < -0.39 is 0 Å². The lowest BCUT2D eigenvalue weighted by molar-refractivity contribution is 0.420. The maximum absolute atomic E-state index is 5.73. The van der Waals surface area contributed by atoms with Crippen molar-refractivity contribution < 1.29 is 4.74 Å². The van der Waals surface area contributed by atoms with Crippen LogP contribution in [0.2, 0.25) is 0 Å². The van der Waals surface area contributed by atoms with Crippen LogP contribution in [0.1, 0.15) is 6.92 Å². The molecule has 0 amide bonds. The van der Waals surface area contributed by atoms with Crippen LogP contribution in [0.5, 0.6) is 5.75 Å². The number of methoxy groups -OCH3 is 1. The molecule has 0 aliphatic carbocycles. The first-order valence-electron chi connectivity index (χ1n) is 5.63. The van der Waals surface area contributed by atoms with Gasteiger partial charge in [-0.2, -0.15) is 0 Å². The average Bonchev–Trinajstić information content (AvgIpc) is 2.35. The van der Waals surface area contributed by atoms with Crippen LogP contribution >= 0.6 is 0 Å². The Hall–Kier alpha value is -1.81. The van der Waals surface area contributed by atoms with E-state index in [1.54, 1.807) is 13.3 Å². The quantitative estimate of drug-likeness (QED) is 0.845. The molecule has 1 aromatic heterocycles. The van der Waals surface area contributed by atoms with E-state index in [1.165, 1.54) is 0 Å². The van der Waals surface area contributed by atoms with Gasteiger partial charge in [0.2, 0.25) is 0 Å². The fourth-order valence-electron chi connectivity index (χ4n) is 1.75. The second-order valence-corrected chi connectivity index (χ2v) is 4.07. The van der Waals surface area contributed by atoms with Crippen LogP contribution in [0.3, 0.4) is 0 Å². The number of nitrogens with two attached hydrogens (primary N) is 1. The Kier molecular flexibility index (Phi) is 3.44. The molecule has 2 rings (SSSR count). The number of benzene rings is 1. The number of hydrogen-bond acceptors (Lipinski definition) is 4. The summed E-state index contributed by atoms with van der Waals surface area (Å²) in [6.07, 6.45) is 1.77. The molecule has 1 unspecified atom stereocenters. The van der Waals surface area contributed by atoms with Crippen molar-refractivity contribution in [3.8, 4) is 5.75 Å². The minimum Gasteiger partial charge on any atom is -0.496 e. The van der Waals surface area contributed by atoms with Gasteiger partial charge < -0.3 is 15.8 Å². The summed E-state index contributed by atoms with van der Waals surface area (Å²) in [6.45, 7) is 2.65. The van der Waals surface area contributed by atoms with Gasteiger partial charge in [0, 0.05) is 29.6 Å². The van der Waals surface area contributed by atoms with Gasteiger partial charge in [-0.05, 0) is 19.1 Å². The van der Waals surface area contributed by atoms with Gasteiger partial charge in [-0.15, -0.1) is 0 Å². The average molecular weight is 231 g/mol. The lowest BCUT2D eigenvalue weighted by Crippen LogP contribution is -2.25. The minimum atomic E-state index is 0.0951. The maximum atomic E-state index is 5.73. The Morgan fingerprint density at radius 1 is 1.35 bits per heavy atom. The highest BCUT2D eigenvalue weighted by Crippen LogP contribution is 2.28. The molecule has 3 N–H and O–H groups in total. The summed E-state index contributed by atoms with van der Waals surface area (Å²) < 4.78 is 5.33. The van der Waals surface area contributed by atoms with Crippen molar-refractivity contribution in [3.05, 3.63) is 30.5 Å². The molecule has 0 spiro atoms. The monoisotopic (exact) mass is 231 g/mol. The Balaban J connectivity index is 2.43. The van der Waals surface area contributed by atoms with E-state index in [1.807, 2.05) is 31.2 Å². The van der Waals surface area contributed by atoms with Gasteiger partial charge >= 0.3 is 0 Å². The normalized spacial score (nSPS) is 12.4. The highest BCUT2D eigenvalue weighted by atomic mass is 16.5. The number of anilines is 1. The molecule has 0 aliphatic heterocycles. The SMILES string of the molecule is COc1cccc2c(NCC(C)N)nccc12. The number of rotatable bonds is 4. The number of pyridine rings is 1. The summed E-state index contributed by atoms with van der Waals surface area (Å²) in [5, 5.41) is 5.35. The third kappa shape index (κ3) is 2.47. The summed E-state index contributed by atoms with van der Waals surface area (Å²) in [5.74, 6) is 1.70. The van der Waals surface area contributed by atoms with E-state index in [9.17, 15) is 0 Å². The standard InChI is InChI=1S/C13H17N3O/c1-9(14)8-16-13-11-4-3-5-12(17-2)10(11)6-7-15-13/h3-7,9H,8,14H2,1-2H3,(H,15,16). The molecule has 1 atom stereocenters. The van der Waals surface area contributed by atoms with E-state index >= 15 is 0 Å². The smallest absolute Gasteiger partial charge is 0.134 e. The molecule has 2 aromatic rings. The third-order valence-electron chi connectivity index (χ3n) is 2.58. The minimum absolute atomic E-state index is 0.0951. The molecule has 0 fully saturated rings.